The Hall–Kier alpha value is -0.850. The molecule has 1 unspecified atom stereocenters. The third kappa shape index (κ3) is 26.7. The van der Waals surface area contributed by atoms with E-state index in [-0.39, 0.29) is 0 Å². The van der Waals surface area contributed by atoms with Crippen molar-refractivity contribution in [1.82, 2.24) is 4.57 Å². The van der Waals surface area contributed by atoms with Gasteiger partial charge in [0.1, 0.15) is 12.4 Å². The fourth-order valence-corrected chi connectivity index (χ4v) is 0.975. The minimum absolute atomic E-state index is 1.15. The fraction of sp³-hybridized carbons (Fsp3) is 0.625. The number of rotatable bonds is 3. The molecule has 0 amide bonds. The molecule has 0 aliphatic heterocycles. The van der Waals surface area contributed by atoms with Crippen LogP contribution in [0.4, 0.5) is 0 Å². The molecule has 0 aliphatic rings. The van der Waals surface area contributed by atoms with Crippen LogP contribution in [0.2, 0.25) is 0 Å². The maximum atomic E-state index is 8.63. The number of hydrogen-bond donors (Lipinski definition) is 2. The van der Waals surface area contributed by atoms with E-state index < -0.39 is 21.8 Å². The summed E-state index contributed by atoms with van der Waals surface area (Å²) in [5, 5.41) is 0. The summed E-state index contributed by atoms with van der Waals surface area (Å²) in [6.07, 6.45) is 8.82. The van der Waals surface area contributed by atoms with Crippen molar-refractivity contribution in [2.75, 3.05) is 0 Å². The van der Waals surface area contributed by atoms with E-state index in [1.807, 2.05) is 7.05 Å². The highest BCUT2D eigenvalue weighted by Crippen LogP contribution is 1.91. The summed E-state index contributed by atoms with van der Waals surface area (Å²) in [5.74, 6) is 0. The van der Waals surface area contributed by atoms with Crippen LogP contribution in [0.3, 0.4) is 0 Å². The van der Waals surface area contributed by atoms with Gasteiger partial charge in [0.15, 0.2) is 0 Å². The largest absolute Gasteiger partial charge is 0.750 e. The summed E-state index contributed by atoms with van der Waals surface area (Å²) in [6.45, 7) is 3.36. The molecule has 1 rings (SSSR count). The highest BCUT2D eigenvalue weighted by atomic mass is 32.3. The molecule has 1 atom stereocenters. The number of nitrogens with zero attached hydrogens (tertiary/aromatic N) is 2. The molecule has 0 fully saturated rings. The van der Waals surface area contributed by atoms with Gasteiger partial charge in [-0.05, 0) is 6.42 Å². The molecule has 0 aliphatic carbocycles. The number of aryl methyl sites for hydroxylation is 2. The quantitative estimate of drug-likeness (QED) is 0.329. The number of imidazole rings is 1. The topological polar surface area (TPSA) is 147 Å². The Morgan fingerprint density at radius 3 is 2.16 bits per heavy atom. The summed E-state index contributed by atoms with van der Waals surface area (Å²) in [7, 11) is -2.87. The SMILES string of the molecule is CCCCn1cc[n+](C)c1.O=S(=O)([O-])O.O=S([O-])O. The molecule has 19 heavy (non-hydrogen) atoms. The van der Waals surface area contributed by atoms with Gasteiger partial charge >= 0.3 is 0 Å². The minimum atomic E-state index is -4.92. The Labute approximate surface area is 114 Å². The van der Waals surface area contributed by atoms with Crippen LogP contribution < -0.4 is 4.57 Å². The Morgan fingerprint density at radius 1 is 1.47 bits per heavy atom. The van der Waals surface area contributed by atoms with Crippen LogP contribution in [0.15, 0.2) is 18.7 Å². The Balaban J connectivity index is 0. The van der Waals surface area contributed by atoms with Gasteiger partial charge in [0.2, 0.25) is 16.7 Å². The first-order valence-electron chi connectivity index (χ1n) is 5.04. The van der Waals surface area contributed by atoms with Gasteiger partial charge in [-0.3, -0.25) is 4.55 Å². The minimum Gasteiger partial charge on any atom is -0.750 e. The molecular formula is C8H17N2O7S2-. The van der Waals surface area contributed by atoms with Crippen molar-refractivity contribution in [2.45, 2.75) is 26.3 Å². The van der Waals surface area contributed by atoms with Crippen molar-refractivity contribution in [1.29, 1.82) is 0 Å². The Morgan fingerprint density at radius 2 is 1.89 bits per heavy atom. The smallest absolute Gasteiger partial charge is 0.243 e. The number of hydrogen-bond acceptors (Lipinski definition) is 5. The van der Waals surface area contributed by atoms with Gasteiger partial charge in [0, 0.05) is 0 Å². The van der Waals surface area contributed by atoms with Gasteiger partial charge in [-0.1, -0.05) is 13.3 Å². The van der Waals surface area contributed by atoms with E-state index in [0.717, 1.165) is 6.54 Å². The molecule has 0 spiro atoms. The van der Waals surface area contributed by atoms with E-state index in [9.17, 15) is 0 Å². The average molecular weight is 317 g/mol. The van der Waals surface area contributed by atoms with Crippen LogP contribution in [0.1, 0.15) is 19.8 Å². The van der Waals surface area contributed by atoms with Crippen LogP contribution in [-0.4, -0.2) is 35.4 Å². The molecule has 0 saturated carbocycles. The molecule has 0 radical (unpaired) electrons. The normalized spacial score (nSPS) is 11.7. The molecule has 1 aromatic heterocycles. The predicted octanol–water partition coefficient (Wildman–Crippen LogP) is -0.544. The first-order valence-corrected chi connectivity index (χ1v) is 7.43. The highest BCUT2D eigenvalue weighted by Gasteiger charge is 1.96. The summed E-state index contributed by atoms with van der Waals surface area (Å²) in [6, 6.07) is 0. The molecular weight excluding hydrogens is 300 g/mol. The van der Waals surface area contributed by atoms with Crippen molar-refractivity contribution >= 4 is 21.8 Å². The zero-order chi connectivity index (χ0) is 15.5. The van der Waals surface area contributed by atoms with E-state index in [0.29, 0.717) is 0 Å². The average Bonchev–Trinajstić information content (AvgIpc) is 2.57. The van der Waals surface area contributed by atoms with Crippen LogP contribution in [0, 0.1) is 0 Å². The predicted molar refractivity (Wildman–Crippen MR) is 64.4 cm³/mol. The van der Waals surface area contributed by atoms with E-state index >= 15 is 0 Å². The van der Waals surface area contributed by atoms with Crippen LogP contribution in [-0.2, 0) is 35.4 Å². The van der Waals surface area contributed by atoms with Gasteiger partial charge in [0.25, 0.3) is 0 Å². The van der Waals surface area contributed by atoms with Gasteiger partial charge in [-0.15, -0.1) is 0 Å². The maximum absolute atomic E-state index is 8.63. The van der Waals surface area contributed by atoms with Crippen molar-refractivity contribution in [3.8, 4) is 0 Å². The van der Waals surface area contributed by atoms with Crippen LogP contribution >= 0.6 is 0 Å². The molecule has 0 saturated heterocycles. The van der Waals surface area contributed by atoms with Crippen molar-refractivity contribution in [3.05, 3.63) is 18.7 Å². The molecule has 11 heteroatoms. The summed E-state index contributed by atoms with van der Waals surface area (Å²) in [4.78, 5) is 0. The fourth-order valence-electron chi connectivity index (χ4n) is 0.975. The van der Waals surface area contributed by atoms with Crippen molar-refractivity contribution in [3.63, 3.8) is 0 Å². The lowest BCUT2D eigenvalue weighted by atomic mass is 10.3. The van der Waals surface area contributed by atoms with Crippen LogP contribution in [0.5, 0.6) is 0 Å². The second-order valence-electron chi connectivity index (χ2n) is 3.32. The van der Waals surface area contributed by atoms with Gasteiger partial charge in [0.05, 0.1) is 25.0 Å². The van der Waals surface area contributed by atoms with E-state index in [1.165, 1.54) is 12.8 Å². The molecule has 2 N–H and O–H groups in total. The number of unbranched alkanes of at least 4 members (excludes halogenated alkanes) is 1. The third-order valence-electron chi connectivity index (χ3n) is 1.59. The van der Waals surface area contributed by atoms with Gasteiger partial charge in [-0.2, -0.15) is 0 Å². The van der Waals surface area contributed by atoms with Gasteiger partial charge < -0.3 is 13.7 Å². The summed E-state index contributed by atoms with van der Waals surface area (Å²) >= 11 is -2.86. The number of aromatic nitrogens is 2. The Kier molecular flexibility index (Phi) is 11.9. The summed E-state index contributed by atoms with van der Waals surface area (Å²) in [5.41, 5.74) is 0. The molecule has 1 aromatic rings. The van der Waals surface area contributed by atoms with Crippen molar-refractivity contribution in [2.24, 2.45) is 7.05 Å². The van der Waals surface area contributed by atoms with Crippen molar-refractivity contribution < 1.29 is 35.4 Å². The second kappa shape index (κ2) is 11.0. The zero-order valence-electron chi connectivity index (χ0n) is 10.5. The van der Waals surface area contributed by atoms with Gasteiger partial charge in [-0.25, -0.2) is 21.8 Å². The standard InChI is InChI=1S/C8H15N2.H2O4S.H2O3S/c1-3-4-5-10-7-6-9(2)8-10;1-5(2,3)4;1-4(2)3/h6-8H,3-5H2,1-2H3;(H2,1,2,3,4);(H2,1,2,3)/q+1;;/p-2. The molecule has 114 valence electrons. The van der Waals surface area contributed by atoms with E-state index in [4.69, 9.17) is 30.8 Å². The van der Waals surface area contributed by atoms with E-state index in [2.05, 4.69) is 34.8 Å². The lowest BCUT2D eigenvalue weighted by Gasteiger charge is -1.90. The maximum Gasteiger partial charge on any atom is 0.243 e. The highest BCUT2D eigenvalue weighted by molar-refractivity contribution is 7.79. The molecule has 0 bridgehead atoms. The molecule has 9 nitrogen and oxygen atoms in total. The molecule has 0 aromatic carbocycles. The van der Waals surface area contributed by atoms with Crippen LogP contribution in [0.25, 0.3) is 0 Å². The molecule has 1 heterocycles. The lowest BCUT2D eigenvalue weighted by molar-refractivity contribution is -0.671. The third-order valence-corrected chi connectivity index (χ3v) is 1.59. The first kappa shape index (κ1) is 20.5. The van der Waals surface area contributed by atoms with E-state index in [1.54, 1.807) is 0 Å². The zero-order valence-corrected chi connectivity index (χ0v) is 12.1. The monoisotopic (exact) mass is 317 g/mol. The first-order chi connectivity index (χ1) is 8.56. The Bertz CT molecular complexity index is 445. The summed E-state index contributed by atoms with van der Waals surface area (Å²) < 4.78 is 61.2. The second-order valence-corrected chi connectivity index (χ2v) is 4.60. The lowest BCUT2D eigenvalue weighted by Crippen LogP contribution is -2.23.